The molecule has 0 bridgehead atoms. The van der Waals surface area contributed by atoms with Gasteiger partial charge in [0.25, 0.3) is 0 Å². The van der Waals surface area contributed by atoms with Crippen molar-refractivity contribution in [1.82, 2.24) is 0 Å². The zero-order valence-electron chi connectivity index (χ0n) is 12.8. The summed E-state index contributed by atoms with van der Waals surface area (Å²) in [5, 5.41) is 8.59. The smallest absolute Gasteiger partial charge is 0.303 e. The molecular weight excluding hydrogens is 266 g/mol. The average molecular weight is 289 g/mol. The van der Waals surface area contributed by atoms with Gasteiger partial charge in [0.2, 0.25) is 5.91 Å². The van der Waals surface area contributed by atoms with Crippen LogP contribution in [0, 0.1) is 0 Å². The number of benzene rings is 1. The number of amides is 1. The molecule has 0 aromatic heterocycles. The second-order valence-corrected chi connectivity index (χ2v) is 6.16. The Hall–Kier alpha value is -1.84. The Bertz CT molecular complexity index is 537. The Morgan fingerprint density at radius 2 is 1.81 bits per heavy atom. The van der Waals surface area contributed by atoms with E-state index in [-0.39, 0.29) is 12.3 Å². The van der Waals surface area contributed by atoms with Gasteiger partial charge in [-0.25, -0.2) is 0 Å². The van der Waals surface area contributed by atoms with Gasteiger partial charge in [0.1, 0.15) is 0 Å². The van der Waals surface area contributed by atoms with Gasteiger partial charge in [-0.15, -0.1) is 0 Å². The number of carbonyl (C=O) groups excluding carboxylic acids is 1. The van der Waals surface area contributed by atoms with Crippen LogP contribution in [0.2, 0.25) is 0 Å². The number of hydrogen-bond acceptors (Lipinski definition) is 2. The first kappa shape index (κ1) is 15.5. The van der Waals surface area contributed by atoms with Crippen molar-refractivity contribution in [2.24, 2.45) is 0 Å². The van der Waals surface area contributed by atoms with Crippen LogP contribution in [0.25, 0.3) is 0 Å². The van der Waals surface area contributed by atoms with Crippen LogP contribution in [-0.4, -0.2) is 23.5 Å². The van der Waals surface area contributed by atoms with Crippen molar-refractivity contribution < 1.29 is 14.7 Å². The predicted molar refractivity (Wildman–Crippen MR) is 82.5 cm³/mol. The Labute approximate surface area is 125 Å². The van der Waals surface area contributed by atoms with Crippen molar-refractivity contribution in [3.63, 3.8) is 0 Å². The first-order chi connectivity index (χ1) is 9.94. The van der Waals surface area contributed by atoms with Crippen LogP contribution in [0.15, 0.2) is 24.3 Å². The lowest BCUT2D eigenvalue weighted by atomic mass is 9.86. The lowest BCUT2D eigenvalue weighted by molar-refractivity contribution is -0.137. The highest BCUT2D eigenvalue weighted by Gasteiger charge is 2.43. The van der Waals surface area contributed by atoms with Gasteiger partial charge in [-0.05, 0) is 38.3 Å². The normalized spacial score (nSPS) is 16.1. The summed E-state index contributed by atoms with van der Waals surface area (Å²) in [6.45, 7) is 4.66. The SMILES string of the molecule is CC1(C)C(=O)N(CCCCCCC(=O)O)c2ccccc21. The van der Waals surface area contributed by atoms with E-state index in [9.17, 15) is 9.59 Å². The van der Waals surface area contributed by atoms with Crippen molar-refractivity contribution in [3.05, 3.63) is 29.8 Å². The number of hydrogen-bond donors (Lipinski definition) is 1. The van der Waals surface area contributed by atoms with E-state index in [4.69, 9.17) is 5.11 Å². The number of nitrogens with zero attached hydrogens (tertiary/aromatic N) is 1. The predicted octanol–water partition coefficient (Wildman–Crippen LogP) is 3.35. The van der Waals surface area contributed by atoms with Crippen molar-refractivity contribution in [2.45, 2.75) is 51.4 Å². The summed E-state index contributed by atoms with van der Waals surface area (Å²) in [5.41, 5.74) is 1.68. The van der Waals surface area contributed by atoms with Gasteiger partial charge in [0.05, 0.1) is 5.41 Å². The topological polar surface area (TPSA) is 57.6 Å². The van der Waals surface area contributed by atoms with Crippen LogP contribution in [0.1, 0.15) is 51.5 Å². The Morgan fingerprint density at radius 3 is 2.52 bits per heavy atom. The van der Waals surface area contributed by atoms with Crippen LogP contribution in [-0.2, 0) is 15.0 Å². The molecule has 1 aromatic carbocycles. The molecule has 0 fully saturated rings. The molecule has 21 heavy (non-hydrogen) atoms. The fourth-order valence-corrected chi connectivity index (χ4v) is 2.92. The van der Waals surface area contributed by atoms with Gasteiger partial charge in [-0.3, -0.25) is 9.59 Å². The summed E-state index contributed by atoms with van der Waals surface area (Å²) in [6.07, 6.45) is 3.72. The number of aliphatic carboxylic acids is 1. The van der Waals surface area contributed by atoms with Crippen LogP contribution in [0.4, 0.5) is 5.69 Å². The van der Waals surface area contributed by atoms with Crippen molar-refractivity contribution in [2.75, 3.05) is 11.4 Å². The average Bonchev–Trinajstić information content (AvgIpc) is 2.63. The largest absolute Gasteiger partial charge is 0.481 e. The van der Waals surface area contributed by atoms with Gasteiger partial charge in [-0.1, -0.05) is 31.0 Å². The number of carboxylic acid groups (broad SMARTS) is 1. The summed E-state index contributed by atoms with van der Waals surface area (Å²) in [7, 11) is 0. The maximum absolute atomic E-state index is 12.5. The van der Waals surface area contributed by atoms with E-state index in [2.05, 4.69) is 0 Å². The quantitative estimate of drug-likeness (QED) is 0.783. The molecule has 0 atom stereocenters. The minimum atomic E-state index is -0.736. The van der Waals surface area contributed by atoms with E-state index in [1.54, 1.807) is 0 Å². The molecule has 1 aliphatic rings. The van der Waals surface area contributed by atoms with Crippen molar-refractivity contribution >= 4 is 17.6 Å². The van der Waals surface area contributed by atoms with Crippen LogP contribution in [0.5, 0.6) is 0 Å². The van der Waals surface area contributed by atoms with Crippen molar-refractivity contribution in [1.29, 1.82) is 0 Å². The molecule has 1 N–H and O–H groups in total. The fraction of sp³-hybridized carbons (Fsp3) is 0.529. The standard InChI is InChI=1S/C17H23NO3/c1-17(2)13-9-6-7-10-14(13)18(16(17)21)12-8-4-3-5-11-15(19)20/h6-7,9-10H,3-5,8,11-12H2,1-2H3,(H,19,20). The molecule has 0 saturated heterocycles. The molecule has 114 valence electrons. The molecule has 1 aromatic rings. The monoisotopic (exact) mass is 289 g/mol. The third-order valence-electron chi connectivity index (χ3n) is 4.17. The van der Waals surface area contributed by atoms with E-state index in [1.165, 1.54) is 0 Å². The van der Waals surface area contributed by atoms with E-state index in [0.717, 1.165) is 30.5 Å². The number of carboxylic acids is 1. The Balaban J connectivity index is 1.90. The van der Waals surface area contributed by atoms with Crippen LogP contribution >= 0.6 is 0 Å². The second kappa shape index (κ2) is 6.29. The second-order valence-electron chi connectivity index (χ2n) is 6.16. The Kier molecular flexibility index (Phi) is 4.66. The molecular formula is C17H23NO3. The minimum Gasteiger partial charge on any atom is -0.481 e. The first-order valence-electron chi connectivity index (χ1n) is 7.58. The Morgan fingerprint density at radius 1 is 1.14 bits per heavy atom. The summed E-state index contributed by atoms with van der Waals surface area (Å²) in [6, 6.07) is 7.98. The summed E-state index contributed by atoms with van der Waals surface area (Å²) in [4.78, 5) is 24.9. The minimum absolute atomic E-state index is 0.161. The van der Waals surface area contributed by atoms with Gasteiger partial charge in [0, 0.05) is 18.7 Å². The highest BCUT2D eigenvalue weighted by molar-refractivity contribution is 6.07. The summed E-state index contributed by atoms with van der Waals surface area (Å²) >= 11 is 0. The molecule has 4 nitrogen and oxygen atoms in total. The molecule has 4 heteroatoms. The van der Waals surface area contributed by atoms with Crippen LogP contribution < -0.4 is 4.90 Å². The zero-order valence-corrected chi connectivity index (χ0v) is 12.8. The van der Waals surface area contributed by atoms with E-state index >= 15 is 0 Å². The first-order valence-corrected chi connectivity index (χ1v) is 7.58. The molecule has 1 aliphatic heterocycles. The zero-order chi connectivity index (χ0) is 15.5. The molecule has 0 aliphatic carbocycles. The lowest BCUT2D eigenvalue weighted by Crippen LogP contribution is -2.36. The van der Waals surface area contributed by atoms with Gasteiger partial charge in [-0.2, -0.15) is 0 Å². The number of anilines is 1. The van der Waals surface area contributed by atoms with E-state index < -0.39 is 11.4 Å². The van der Waals surface area contributed by atoms with Gasteiger partial charge < -0.3 is 10.0 Å². The number of fused-ring (bicyclic) bond motifs is 1. The number of para-hydroxylation sites is 1. The third kappa shape index (κ3) is 3.26. The maximum Gasteiger partial charge on any atom is 0.303 e. The highest BCUT2D eigenvalue weighted by atomic mass is 16.4. The maximum atomic E-state index is 12.5. The lowest BCUT2D eigenvalue weighted by Gasteiger charge is -2.20. The van der Waals surface area contributed by atoms with E-state index in [0.29, 0.717) is 13.0 Å². The molecule has 0 saturated carbocycles. The highest BCUT2D eigenvalue weighted by Crippen LogP contribution is 2.41. The molecule has 1 heterocycles. The number of unbranched alkanes of at least 4 members (excludes halogenated alkanes) is 3. The molecule has 0 spiro atoms. The molecule has 0 radical (unpaired) electrons. The third-order valence-corrected chi connectivity index (χ3v) is 4.17. The fourth-order valence-electron chi connectivity index (χ4n) is 2.92. The van der Waals surface area contributed by atoms with Gasteiger partial charge >= 0.3 is 5.97 Å². The van der Waals surface area contributed by atoms with Gasteiger partial charge in [0.15, 0.2) is 0 Å². The molecule has 1 amide bonds. The summed E-state index contributed by atoms with van der Waals surface area (Å²) < 4.78 is 0. The number of rotatable bonds is 7. The van der Waals surface area contributed by atoms with E-state index in [1.807, 2.05) is 43.0 Å². The van der Waals surface area contributed by atoms with Crippen LogP contribution in [0.3, 0.4) is 0 Å². The summed E-state index contributed by atoms with van der Waals surface area (Å²) in [5.74, 6) is -0.574. The molecule has 2 rings (SSSR count). The van der Waals surface area contributed by atoms with Crippen molar-refractivity contribution in [3.8, 4) is 0 Å². The number of carbonyl (C=O) groups is 2. The molecule has 0 unspecified atom stereocenters.